The Bertz CT molecular complexity index is 650. The molecule has 1 fully saturated rings. The van der Waals surface area contributed by atoms with Gasteiger partial charge in [-0.25, -0.2) is 9.97 Å². The maximum atomic E-state index is 12.3. The number of hydrogen-bond acceptors (Lipinski definition) is 4. The molecule has 108 valence electrons. The smallest absolute Gasteiger partial charge is 0.272 e. The first kappa shape index (κ1) is 13.5. The van der Waals surface area contributed by atoms with E-state index in [1.54, 1.807) is 6.07 Å². The monoisotopic (exact) mass is 282 g/mol. The van der Waals surface area contributed by atoms with Crippen molar-refractivity contribution in [2.45, 2.75) is 19.8 Å². The number of carbonyl (C=O) groups excluding carboxylic acids is 1. The lowest BCUT2D eigenvalue weighted by Gasteiger charge is -2.15. The third-order valence-corrected chi connectivity index (χ3v) is 3.69. The summed E-state index contributed by atoms with van der Waals surface area (Å²) in [5, 5.41) is 3.24. The summed E-state index contributed by atoms with van der Waals surface area (Å²) in [4.78, 5) is 22.5. The predicted molar refractivity (Wildman–Crippen MR) is 81.6 cm³/mol. The van der Waals surface area contributed by atoms with Gasteiger partial charge < -0.3 is 10.2 Å². The molecule has 0 aliphatic carbocycles. The Hall–Kier alpha value is -2.43. The van der Waals surface area contributed by atoms with Crippen LogP contribution in [0.2, 0.25) is 0 Å². The van der Waals surface area contributed by atoms with E-state index < -0.39 is 0 Å². The van der Waals surface area contributed by atoms with Crippen LogP contribution in [-0.4, -0.2) is 33.9 Å². The van der Waals surface area contributed by atoms with Gasteiger partial charge in [0.25, 0.3) is 5.91 Å². The number of nitrogens with one attached hydrogen (secondary N) is 1. The van der Waals surface area contributed by atoms with Gasteiger partial charge in [-0.2, -0.15) is 0 Å². The van der Waals surface area contributed by atoms with E-state index in [4.69, 9.17) is 0 Å². The molecule has 0 radical (unpaired) electrons. The standard InChI is InChI=1S/C16H18N4O/c1-12-6-2-3-7-13(12)19-15-10-14(17-11-18-15)16(21)20-8-4-5-9-20/h2-3,6-7,10-11H,4-5,8-9H2,1H3,(H,17,18,19). The molecule has 0 spiro atoms. The molecule has 1 aromatic carbocycles. The number of carbonyl (C=O) groups is 1. The normalized spacial score (nSPS) is 14.2. The minimum Gasteiger partial charge on any atom is -0.340 e. The molecule has 0 bridgehead atoms. The maximum Gasteiger partial charge on any atom is 0.272 e. The highest BCUT2D eigenvalue weighted by atomic mass is 16.2. The minimum atomic E-state index is -0.0114. The van der Waals surface area contributed by atoms with Crippen molar-refractivity contribution in [3.8, 4) is 0 Å². The summed E-state index contributed by atoms with van der Waals surface area (Å²) in [5.74, 6) is 0.629. The van der Waals surface area contributed by atoms with Gasteiger partial charge in [-0.05, 0) is 31.4 Å². The fourth-order valence-corrected chi connectivity index (χ4v) is 2.48. The lowest BCUT2D eigenvalue weighted by Crippen LogP contribution is -2.28. The lowest BCUT2D eigenvalue weighted by atomic mass is 10.2. The molecule has 1 aliphatic rings. The third kappa shape index (κ3) is 3.02. The van der Waals surface area contributed by atoms with Crippen LogP contribution in [0.4, 0.5) is 11.5 Å². The molecule has 1 aliphatic heterocycles. The number of para-hydroxylation sites is 1. The Kier molecular flexibility index (Phi) is 3.81. The van der Waals surface area contributed by atoms with E-state index in [-0.39, 0.29) is 5.91 Å². The third-order valence-electron chi connectivity index (χ3n) is 3.69. The number of likely N-dealkylation sites (tertiary alicyclic amines) is 1. The van der Waals surface area contributed by atoms with Crippen molar-refractivity contribution in [3.63, 3.8) is 0 Å². The summed E-state index contributed by atoms with van der Waals surface area (Å²) in [5.41, 5.74) is 2.56. The van der Waals surface area contributed by atoms with Crippen LogP contribution < -0.4 is 5.32 Å². The van der Waals surface area contributed by atoms with Gasteiger partial charge in [-0.1, -0.05) is 18.2 Å². The Morgan fingerprint density at radius 2 is 1.95 bits per heavy atom. The number of nitrogens with zero attached hydrogens (tertiary/aromatic N) is 3. The number of benzene rings is 1. The van der Waals surface area contributed by atoms with Crippen LogP contribution in [0.15, 0.2) is 36.7 Å². The van der Waals surface area contributed by atoms with Crippen LogP contribution in [0.3, 0.4) is 0 Å². The largest absolute Gasteiger partial charge is 0.340 e. The van der Waals surface area contributed by atoms with Crippen LogP contribution in [0.25, 0.3) is 0 Å². The van der Waals surface area contributed by atoms with Gasteiger partial charge in [0.05, 0.1) is 0 Å². The number of aryl methyl sites for hydroxylation is 1. The Labute approximate surface area is 124 Å². The number of aromatic nitrogens is 2. The first-order valence-corrected chi connectivity index (χ1v) is 7.18. The van der Waals surface area contributed by atoms with E-state index in [0.29, 0.717) is 11.5 Å². The molecular weight excluding hydrogens is 264 g/mol. The Morgan fingerprint density at radius 3 is 2.71 bits per heavy atom. The van der Waals surface area contributed by atoms with E-state index in [0.717, 1.165) is 37.2 Å². The molecule has 1 saturated heterocycles. The van der Waals surface area contributed by atoms with Gasteiger partial charge in [-0.3, -0.25) is 4.79 Å². The van der Waals surface area contributed by atoms with Crippen molar-refractivity contribution < 1.29 is 4.79 Å². The van der Waals surface area contributed by atoms with Crippen LogP contribution in [-0.2, 0) is 0 Å². The lowest BCUT2D eigenvalue weighted by molar-refractivity contribution is 0.0787. The van der Waals surface area contributed by atoms with Gasteiger partial charge in [0.1, 0.15) is 17.8 Å². The van der Waals surface area contributed by atoms with Crippen LogP contribution >= 0.6 is 0 Å². The van der Waals surface area contributed by atoms with Crippen molar-refractivity contribution in [2.24, 2.45) is 0 Å². The molecular formula is C16H18N4O. The van der Waals surface area contributed by atoms with E-state index in [2.05, 4.69) is 15.3 Å². The number of amides is 1. The average Bonchev–Trinajstić information content (AvgIpc) is 3.03. The highest BCUT2D eigenvalue weighted by Gasteiger charge is 2.20. The zero-order chi connectivity index (χ0) is 14.7. The molecule has 0 atom stereocenters. The van der Waals surface area contributed by atoms with E-state index in [1.165, 1.54) is 6.33 Å². The van der Waals surface area contributed by atoms with Crippen LogP contribution in [0.5, 0.6) is 0 Å². The van der Waals surface area contributed by atoms with Crippen molar-refractivity contribution >= 4 is 17.4 Å². The van der Waals surface area contributed by atoms with Gasteiger partial charge in [0.2, 0.25) is 0 Å². The van der Waals surface area contributed by atoms with Gasteiger partial charge in [0.15, 0.2) is 0 Å². The van der Waals surface area contributed by atoms with Gasteiger partial charge in [-0.15, -0.1) is 0 Å². The second-order valence-corrected chi connectivity index (χ2v) is 5.23. The Morgan fingerprint density at radius 1 is 1.19 bits per heavy atom. The highest BCUT2D eigenvalue weighted by molar-refractivity contribution is 5.93. The predicted octanol–water partition coefficient (Wildman–Crippen LogP) is 2.76. The fraction of sp³-hybridized carbons (Fsp3) is 0.312. The molecule has 0 unspecified atom stereocenters. The van der Waals surface area contributed by atoms with E-state index in [1.807, 2.05) is 36.1 Å². The fourth-order valence-electron chi connectivity index (χ4n) is 2.48. The van der Waals surface area contributed by atoms with Gasteiger partial charge in [0, 0.05) is 24.8 Å². The molecule has 21 heavy (non-hydrogen) atoms. The quantitative estimate of drug-likeness (QED) is 0.940. The first-order valence-electron chi connectivity index (χ1n) is 7.18. The first-order chi connectivity index (χ1) is 10.2. The Balaban J connectivity index is 1.80. The second kappa shape index (κ2) is 5.91. The minimum absolute atomic E-state index is 0.0114. The SMILES string of the molecule is Cc1ccccc1Nc1cc(C(=O)N2CCCC2)ncn1. The summed E-state index contributed by atoms with van der Waals surface area (Å²) in [6.45, 7) is 3.67. The molecule has 3 rings (SSSR count). The summed E-state index contributed by atoms with van der Waals surface area (Å²) in [7, 11) is 0. The topological polar surface area (TPSA) is 58.1 Å². The number of anilines is 2. The molecule has 1 aromatic heterocycles. The molecule has 1 N–H and O–H groups in total. The van der Waals surface area contributed by atoms with Gasteiger partial charge >= 0.3 is 0 Å². The highest BCUT2D eigenvalue weighted by Crippen LogP contribution is 2.19. The van der Waals surface area contributed by atoms with Crippen molar-refractivity contribution in [1.29, 1.82) is 0 Å². The van der Waals surface area contributed by atoms with Crippen molar-refractivity contribution in [1.82, 2.24) is 14.9 Å². The molecule has 5 nitrogen and oxygen atoms in total. The zero-order valence-electron chi connectivity index (χ0n) is 12.0. The van der Waals surface area contributed by atoms with E-state index >= 15 is 0 Å². The number of hydrogen-bond donors (Lipinski definition) is 1. The molecule has 1 amide bonds. The number of rotatable bonds is 3. The molecule has 2 heterocycles. The summed E-state index contributed by atoms with van der Waals surface area (Å²) in [6, 6.07) is 9.68. The molecule has 0 saturated carbocycles. The average molecular weight is 282 g/mol. The van der Waals surface area contributed by atoms with E-state index in [9.17, 15) is 4.79 Å². The summed E-state index contributed by atoms with van der Waals surface area (Å²) < 4.78 is 0. The maximum absolute atomic E-state index is 12.3. The molecule has 5 heteroatoms. The summed E-state index contributed by atoms with van der Waals surface area (Å²) >= 11 is 0. The van der Waals surface area contributed by atoms with Crippen LogP contribution in [0, 0.1) is 6.92 Å². The zero-order valence-corrected chi connectivity index (χ0v) is 12.0. The summed E-state index contributed by atoms with van der Waals surface area (Å²) in [6.07, 6.45) is 3.58. The molecule has 2 aromatic rings. The van der Waals surface area contributed by atoms with Crippen molar-refractivity contribution in [2.75, 3.05) is 18.4 Å². The van der Waals surface area contributed by atoms with Crippen molar-refractivity contribution in [3.05, 3.63) is 47.9 Å². The second-order valence-electron chi connectivity index (χ2n) is 5.23. The van der Waals surface area contributed by atoms with Crippen LogP contribution in [0.1, 0.15) is 28.9 Å².